The second kappa shape index (κ2) is 13.1. The Labute approximate surface area is 307 Å². The van der Waals surface area contributed by atoms with Gasteiger partial charge in [0.25, 0.3) is 0 Å². The van der Waals surface area contributed by atoms with Gasteiger partial charge in [-0.2, -0.15) is 0 Å². The molecular weight excluding hydrogens is 645 g/mol. The molecule has 1 aliphatic rings. The maximum Gasteiger partial charge on any atom is 0.116 e. The number of rotatable bonds is 7. The number of hydrogen-bond donors (Lipinski definition) is 0. The molecule has 9 rings (SSSR count). The summed E-state index contributed by atoms with van der Waals surface area (Å²) in [5.74, 6) is 0. The standard InChI is InChI=1S/C49H38N2Si/c1-52(2)47-20-11-33-50-48(47)46-19-10-18-45(49(46)52)41-17-9-16-40(34-41)39-25-31-44(32-26-39)51(42-27-21-37(22-28-42)35-12-5-3-6-13-35)43-29-23-38(24-30-43)36-14-7-4-8-15-36/h3-34H,1-2H3. The van der Waals surface area contributed by atoms with Gasteiger partial charge in [-0.05, 0) is 103 Å². The van der Waals surface area contributed by atoms with Crippen molar-refractivity contribution in [3.05, 3.63) is 194 Å². The molecule has 0 fully saturated rings. The van der Waals surface area contributed by atoms with Gasteiger partial charge in [0.15, 0.2) is 0 Å². The van der Waals surface area contributed by atoms with E-state index in [2.05, 4.69) is 206 Å². The van der Waals surface area contributed by atoms with Crippen molar-refractivity contribution < 1.29 is 0 Å². The summed E-state index contributed by atoms with van der Waals surface area (Å²) in [5.41, 5.74) is 15.6. The lowest BCUT2D eigenvalue weighted by Gasteiger charge is -2.26. The Hall–Kier alpha value is -6.29. The largest absolute Gasteiger partial charge is 0.311 e. The van der Waals surface area contributed by atoms with Gasteiger partial charge in [0.05, 0.1) is 5.69 Å². The highest BCUT2D eigenvalue weighted by atomic mass is 28.3. The summed E-state index contributed by atoms with van der Waals surface area (Å²) >= 11 is 0. The maximum absolute atomic E-state index is 4.83. The third kappa shape index (κ3) is 5.66. The Morgan fingerprint density at radius 2 is 0.827 bits per heavy atom. The molecule has 7 aromatic carbocycles. The molecule has 0 radical (unpaired) electrons. The molecule has 0 saturated carbocycles. The van der Waals surface area contributed by atoms with Crippen LogP contribution in [-0.4, -0.2) is 13.1 Å². The van der Waals surface area contributed by atoms with E-state index in [0.717, 1.165) is 22.8 Å². The fourth-order valence-corrected chi connectivity index (χ4v) is 11.3. The summed E-state index contributed by atoms with van der Waals surface area (Å²) in [4.78, 5) is 7.17. The topological polar surface area (TPSA) is 16.1 Å². The van der Waals surface area contributed by atoms with Crippen molar-refractivity contribution in [2.24, 2.45) is 0 Å². The van der Waals surface area contributed by atoms with Crippen molar-refractivity contribution in [2.75, 3.05) is 4.90 Å². The van der Waals surface area contributed by atoms with Crippen LogP contribution < -0.4 is 15.3 Å². The molecule has 0 bridgehead atoms. The van der Waals surface area contributed by atoms with Crippen LogP contribution in [0.4, 0.5) is 17.1 Å². The van der Waals surface area contributed by atoms with Crippen LogP contribution in [0.25, 0.3) is 55.8 Å². The lowest BCUT2D eigenvalue weighted by molar-refractivity contribution is 1.28. The number of aromatic nitrogens is 1. The molecule has 0 atom stereocenters. The minimum atomic E-state index is -1.90. The second-order valence-corrected chi connectivity index (χ2v) is 18.3. The van der Waals surface area contributed by atoms with Crippen molar-refractivity contribution in [1.29, 1.82) is 0 Å². The maximum atomic E-state index is 4.83. The average Bonchev–Trinajstić information content (AvgIpc) is 3.45. The minimum Gasteiger partial charge on any atom is -0.311 e. The normalized spacial score (nSPS) is 12.6. The van der Waals surface area contributed by atoms with E-state index in [-0.39, 0.29) is 0 Å². The molecule has 0 amide bonds. The van der Waals surface area contributed by atoms with Crippen LogP contribution in [-0.2, 0) is 0 Å². The first-order valence-corrected chi connectivity index (χ1v) is 21.0. The zero-order valence-electron chi connectivity index (χ0n) is 29.4. The van der Waals surface area contributed by atoms with Crippen LogP contribution in [0, 0.1) is 0 Å². The summed E-state index contributed by atoms with van der Waals surface area (Å²) in [6, 6.07) is 68.0. The van der Waals surface area contributed by atoms with E-state index in [1.54, 1.807) is 0 Å². The van der Waals surface area contributed by atoms with Gasteiger partial charge >= 0.3 is 0 Å². The quantitative estimate of drug-likeness (QED) is 0.156. The first-order chi connectivity index (χ1) is 25.5. The van der Waals surface area contributed by atoms with Gasteiger partial charge in [-0.15, -0.1) is 0 Å². The highest BCUT2D eigenvalue weighted by molar-refractivity contribution is 7.04. The SMILES string of the molecule is C[Si]1(C)c2cccnc2-c2cccc(-c3cccc(-c4ccc(N(c5ccc(-c6ccccc6)cc5)c5ccc(-c6ccccc6)cc5)cc4)c3)c21. The van der Waals surface area contributed by atoms with Gasteiger partial charge in [-0.3, -0.25) is 4.98 Å². The van der Waals surface area contributed by atoms with E-state index in [1.165, 1.54) is 60.4 Å². The first-order valence-electron chi connectivity index (χ1n) is 18.0. The Balaban J connectivity index is 1.07. The smallest absolute Gasteiger partial charge is 0.116 e. The number of hydrogen-bond acceptors (Lipinski definition) is 2. The van der Waals surface area contributed by atoms with Gasteiger partial charge in [0.2, 0.25) is 0 Å². The van der Waals surface area contributed by atoms with E-state index in [9.17, 15) is 0 Å². The lowest BCUT2D eigenvalue weighted by atomic mass is 9.97. The molecule has 248 valence electrons. The Morgan fingerprint density at radius 1 is 0.385 bits per heavy atom. The predicted octanol–water partition coefficient (Wildman–Crippen LogP) is 12.0. The van der Waals surface area contributed by atoms with Crippen molar-refractivity contribution >= 4 is 35.5 Å². The van der Waals surface area contributed by atoms with E-state index >= 15 is 0 Å². The summed E-state index contributed by atoms with van der Waals surface area (Å²) in [7, 11) is -1.90. The molecule has 8 aromatic rings. The fourth-order valence-electron chi connectivity index (χ4n) is 7.91. The first kappa shape index (κ1) is 31.7. The van der Waals surface area contributed by atoms with E-state index in [4.69, 9.17) is 4.98 Å². The van der Waals surface area contributed by atoms with Gasteiger partial charge < -0.3 is 4.90 Å². The Bertz CT molecular complexity index is 2420. The van der Waals surface area contributed by atoms with Crippen molar-refractivity contribution in [3.63, 3.8) is 0 Å². The van der Waals surface area contributed by atoms with Gasteiger partial charge in [-0.1, -0.05) is 153 Å². The molecule has 2 nitrogen and oxygen atoms in total. The van der Waals surface area contributed by atoms with Crippen LogP contribution in [0.3, 0.4) is 0 Å². The van der Waals surface area contributed by atoms with Gasteiger partial charge in [0, 0.05) is 28.8 Å². The van der Waals surface area contributed by atoms with Crippen molar-refractivity contribution in [2.45, 2.75) is 13.1 Å². The third-order valence-electron chi connectivity index (χ3n) is 10.5. The fraction of sp³-hybridized carbons (Fsp3) is 0.0408. The third-order valence-corrected chi connectivity index (χ3v) is 14.1. The monoisotopic (exact) mass is 682 g/mol. The molecule has 52 heavy (non-hydrogen) atoms. The zero-order chi connectivity index (χ0) is 35.1. The molecular formula is C49H38N2Si. The van der Waals surface area contributed by atoms with Crippen LogP contribution >= 0.6 is 0 Å². The molecule has 3 heteroatoms. The van der Waals surface area contributed by atoms with Crippen LogP contribution in [0.2, 0.25) is 13.1 Å². The molecule has 0 N–H and O–H groups in total. The van der Waals surface area contributed by atoms with Crippen LogP contribution in [0.5, 0.6) is 0 Å². The molecule has 0 saturated heterocycles. The minimum absolute atomic E-state index is 1.11. The molecule has 2 heterocycles. The van der Waals surface area contributed by atoms with E-state index < -0.39 is 8.07 Å². The second-order valence-electron chi connectivity index (χ2n) is 14.0. The van der Waals surface area contributed by atoms with E-state index in [1.807, 2.05) is 6.20 Å². The van der Waals surface area contributed by atoms with Gasteiger partial charge in [-0.25, -0.2) is 0 Å². The summed E-state index contributed by atoms with van der Waals surface area (Å²) in [6.07, 6.45) is 1.93. The lowest BCUT2D eigenvalue weighted by Crippen LogP contribution is -2.50. The Kier molecular flexibility index (Phi) is 7.99. The van der Waals surface area contributed by atoms with Crippen LogP contribution in [0.15, 0.2) is 194 Å². The Morgan fingerprint density at radius 3 is 1.38 bits per heavy atom. The molecule has 1 aromatic heterocycles. The number of benzene rings is 7. The van der Waals surface area contributed by atoms with Gasteiger partial charge in [0.1, 0.15) is 8.07 Å². The summed E-state index contributed by atoms with van der Waals surface area (Å²) in [6.45, 7) is 4.92. The zero-order valence-corrected chi connectivity index (χ0v) is 30.4. The summed E-state index contributed by atoms with van der Waals surface area (Å²) in [5, 5.41) is 2.92. The van der Waals surface area contributed by atoms with Crippen molar-refractivity contribution in [3.8, 4) is 55.8 Å². The van der Waals surface area contributed by atoms with Crippen molar-refractivity contribution in [1.82, 2.24) is 4.98 Å². The molecule has 0 aliphatic carbocycles. The predicted molar refractivity (Wildman–Crippen MR) is 223 cm³/mol. The van der Waals surface area contributed by atoms with E-state index in [0.29, 0.717) is 0 Å². The highest BCUT2D eigenvalue weighted by Gasteiger charge is 2.40. The number of nitrogens with zero attached hydrogens (tertiary/aromatic N) is 2. The summed E-state index contributed by atoms with van der Waals surface area (Å²) < 4.78 is 0. The molecule has 0 unspecified atom stereocenters. The molecule has 1 aliphatic heterocycles. The number of pyridine rings is 1. The molecule has 0 spiro atoms. The number of fused-ring (bicyclic) bond motifs is 3. The number of anilines is 3. The highest BCUT2D eigenvalue weighted by Crippen LogP contribution is 2.39. The average molecular weight is 683 g/mol. The van der Waals surface area contributed by atoms with Crippen LogP contribution in [0.1, 0.15) is 0 Å².